The van der Waals surface area contributed by atoms with Crippen molar-refractivity contribution < 1.29 is 13.2 Å². The van der Waals surface area contributed by atoms with Gasteiger partial charge in [-0.3, -0.25) is 5.43 Å². The SMILES string of the molecule is CS(=O)(=O)c1cccc(Oc2nc(NN)ncc2Cl)c1. The molecule has 3 N–H and O–H groups in total. The van der Waals surface area contributed by atoms with Crippen molar-refractivity contribution in [1.29, 1.82) is 0 Å². The van der Waals surface area contributed by atoms with E-state index in [4.69, 9.17) is 22.2 Å². The predicted molar refractivity (Wildman–Crippen MR) is 74.5 cm³/mol. The van der Waals surface area contributed by atoms with E-state index in [2.05, 4.69) is 15.4 Å². The average Bonchev–Trinajstić information content (AvgIpc) is 2.41. The second-order valence-electron chi connectivity index (χ2n) is 3.84. The van der Waals surface area contributed by atoms with Crippen LogP contribution in [0.5, 0.6) is 11.6 Å². The van der Waals surface area contributed by atoms with Crippen LogP contribution in [0.2, 0.25) is 5.02 Å². The first kappa shape index (κ1) is 14.5. The van der Waals surface area contributed by atoms with Gasteiger partial charge in [0.15, 0.2) is 9.84 Å². The number of aromatic nitrogens is 2. The molecule has 0 atom stereocenters. The summed E-state index contributed by atoms with van der Waals surface area (Å²) in [7, 11) is -3.32. The van der Waals surface area contributed by atoms with Crippen LogP contribution in [0.1, 0.15) is 0 Å². The fourth-order valence-electron chi connectivity index (χ4n) is 1.37. The molecule has 0 aliphatic rings. The van der Waals surface area contributed by atoms with Crippen molar-refractivity contribution >= 4 is 27.4 Å². The van der Waals surface area contributed by atoms with E-state index in [1.165, 1.54) is 18.3 Å². The summed E-state index contributed by atoms with van der Waals surface area (Å²) < 4.78 is 28.4. The van der Waals surface area contributed by atoms with Gasteiger partial charge in [0.2, 0.25) is 11.8 Å². The van der Waals surface area contributed by atoms with Crippen molar-refractivity contribution in [2.45, 2.75) is 4.90 Å². The van der Waals surface area contributed by atoms with Crippen molar-refractivity contribution in [1.82, 2.24) is 9.97 Å². The molecule has 0 spiro atoms. The molecular weight excluding hydrogens is 304 g/mol. The number of benzene rings is 1. The monoisotopic (exact) mass is 314 g/mol. The predicted octanol–water partition coefficient (Wildman–Crippen LogP) is 1.61. The van der Waals surface area contributed by atoms with E-state index < -0.39 is 9.84 Å². The molecule has 0 fully saturated rings. The number of nitrogens with two attached hydrogens (primary N) is 1. The van der Waals surface area contributed by atoms with Gasteiger partial charge < -0.3 is 4.74 Å². The topological polar surface area (TPSA) is 107 Å². The lowest BCUT2D eigenvalue weighted by atomic mass is 10.3. The fraction of sp³-hybridized carbons (Fsp3) is 0.0909. The quantitative estimate of drug-likeness (QED) is 0.652. The molecular formula is C11H11ClN4O3S. The molecule has 20 heavy (non-hydrogen) atoms. The normalized spacial score (nSPS) is 11.2. The molecule has 0 aliphatic carbocycles. The van der Waals surface area contributed by atoms with Crippen molar-refractivity contribution in [2.24, 2.45) is 5.84 Å². The number of anilines is 1. The molecule has 0 unspecified atom stereocenters. The summed E-state index contributed by atoms with van der Waals surface area (Å²) in [6.45, 7) is 0. The second-order valence-corrected chi connectivity index (χ2v) is 6.26. The Kier molecular flexibility index (Phi) is 4.07. The van der Waals surface area contributed by atoms with Crippen molar-refractivity contribution in [3.8, 4) is 11.6 Å². The number of halogens is 1. The number of ether oxygens (including phenoxy) is 1. The van der Waals surface area contributed by atoms with Crippen LogP contribution in [-0.2, 0) is 9.84 Å². The molecule has 1 aromatic heterocycles. The number of hydrogen-bond acceptors (Lipinski definition) is 7. The summed E-state index contributed by atoms with van der Waals surface area (Å²) >= 11 is 5.90. The summed E-state index contributed by atoms with van der Waals surface area (Å²) in [6, 6.07) is 5.99. The van der Waals surface area contributed by atoms with Crippen molar-refractivity contribution in [3.63, 3.8) is 0 Å². The highest BCUT2D eigenvalue weighted by Gasteiger charge is 2.11. The average molecular weight is 315 g/mol. The zero-order chi connectivity index (χ0) is 14.8. The molecule has 2 aromatic rings. The van der Waals surface area contributed by atoms with Gasteiger partial charge in [0.05, 0.1) is 11.1 Å². The molecule has 7 nitrogen and oxygen atoms in total. The van der Waals surface area contributed by atoms with E-state index in [0.717, 1.165) is 6.26 Å². The van der Waals surface area contributed by atoms with Crippen LogP contribution in [0.3, 0.4) is 0 Å². The van der Waals surface area contributed by atoms with Gasteiger partial charge in [-0.2, -0.15) is 4.98 Å². The number of nitrogens with one attached hydrogen (secondary N) is 1. The van der Waals surface area contributed by atoms with Gasteiger partial charge in [-0.15, -0.1) is 0 Å². The van der Waals surface area contributed by atoms with Gasteiger partial charge in [-0.1, -0.05) is 17.7 Å². The maximum Gasteiger partial charge on any atom is 0.243 e. The summed E-state index contributed by atoms with van der Waals surface area (Å²) in [5, 5.41) is 0.175. The molecule has 106 valence electrons. The van der Waals surface area contributed by atoms with Crippen LogP contribution >= 0.6 is 11.6 Å². The van der Waals surface area contributed by atoms with E-state index in [1.807, 2.05) is 0 Å². The minimum atomic E-state index is -3.32. The number of nitrogens with zero attached hydrogens (tertiary/aromatic N) is 2. The molecule has 0 saturated heterocycles. The Morgan fingerprint density at radius 1 is 1.40 bits per heavy atom. The van der Waals surface area contributed by atoms with E-state index in [0.29, 0.717) is 0 Å². The molecule has 0 bridgehead atoms. The Morgan fingerprint density at radius 2 is 2.15 bits per heavy atom. The van der Waals surface area contributed by atoms with Crippen LogP contribution < -0.4 is 16.0 Å². The lowest BCUT2D eigenvalue weighted by Gasteiger charge is -2.08. The van der Waals surface area contributed by atoms with Gasteiger partial charge in [-0.05, 0) is 18.2 Å². The molecule has 0 radical (unpaired) electrons. The highest BCUT2D eigenvalue weighted by Crippen LogP contribution is 2.28. The third-order valence-corrected chi connectivity index (χ3v) is 3.66. The molecule has 0 aliphatic heterocycles. The largest absolute Gasteiger partial charge is 0.437 e. The summed E-state index contributed by atoms with van der Waals surface area (Å²) in [4.78, 5) is 7.86. The van der Waals surface area contributed by atoms with Gasteiger partial charge in [0.25, 0.3) is 0 Å². The number of rotatable bonds is 4. The lowest BCUT2D eigenvalue weighted by Crippen LogP contribution is -2.10. The van der Waals surface area contributed by atoms with Gasteiger partial charge >= 0.3 is 0 Å². The van der Waals surface area contributed by atoms with Crippen LogP contribution in [0, 0.1) is 0 Å². The van der Waals surface area contributed by atoms with E-state index in [1.54, 1.807) is 12.1 Å². The minimum Gasteiger partial charge on any atom is -0.437 e. The van der Waals surface area contributed by atoms with Crippen LogP contribution in [0.25, 0.3) is 0 Å². The van der Waals surface area contributed by atoms with Crippen molar-refractivity contribution in [2.75, 3.05) is 11.7 Å². The zero-order valence-corrected chi connectivity index (χ0v) is 11.9. The molecule has 9 heteroatoms. The van der Waals surface area contributed by atoms with E-state index >= 15 is 0 Å². The highest BCUT2D eigenvalue weighted by molar-refractivity contribution is 7.90. The highest BCUT2D eigenvalue weighted by atomic mass is 35.5. The Labute approximate surface area is 120 Å². The molecule has 1 aromatic carbocycles. The lowest BCUT2D eigenvalue weighted by molar-refractivity contribution is 0.461. The zero-order valence-electron chi connectivity index (χ0n) is 10.4. The maximum absolute atomic E-state index is 11.5. The van der Waals surface area contributed by atoms with E-state index in [9.17, 15) is 8.42 Å². The Balaban J connectivity index is 2.35. The van der Waals surface area contributed by atoms with Gasteiger partial charge in [-0.25, -0.2) is 19.2 Å². The summed E-state index contributed by atoms with van der Waals surface area (Å²) in [6.07, 6.45) is 2.43. The first-order valence-corrected chi connectivity index (χ1v) is 7.64. The smallest absolute Gasteiger partial charge is 0.243 e. The standard InChI is InChI=1S/C11H11ClN4O3S/c1-20(17,18)8-4-2-3-7(5-8)19-10-9(12)6-14-11(15-10)16-13/h2-6H,13H2,1H3,(H,14,15,16). The maximum atomic E-state index is 11.5. The second kappa shape index (κ2) is 5.61. The Bertz CT molecular complexity index is 736. The first-order valence-electron chi connectivity index (χ1n) is 5.37. The Hall–Kier alpha value is -1.90. The molecule has 0 saturated carbocycles. The Morgan fingerprint density at radius 3 is 2.80 bits per heavy atom. The van der Waals surface area contributed by atoms with Crippen LogP contribution in [-0.4, -0.2) is 24.6 Å². The van der Waals surface area contributed by atoms with E-state index in [-0.39, 0.29) is 27.5 Å². The van der Waals surface area contributed by atoms with Crippen molar-refractivity contribution in [3.05, 3.63) is 35.5 Å². The first-order chi connectivity index (χ1) is 9.40. The number of hydrogen-bond donors (Lipinski definition) is 2. The third-order valence-electron chi connectivity index (χ3n) is 2.29. The van der Waals surface area contributed by atoms with Gasteiger partial charge in [0, 0.05) is 6.26 Å². The number of nitrogen functional groups attached to an aromatic ring is 1. The summed E-state index contributed by atoms with van der Waals surface area (Å²) in [5.41, 5.74) is 2.26. The summed E-state index contributed by atoms with van der Waals surface area (Å²) in [5.74, 6) is 5.68. The van der Waals surface area contributed by atoms with Gasteiger partial charge in [0.1, 0.15) is 10.8 Å². The third kappa shape index (κ3) is 3.35. The fourth-order valence-corrected chi connectivity index (χ4v) is 2.16. The molecule has 1 heterocycles. The molecule has 2 rings (SSSR count). The van der Waals surface area contributed by atoms with Crippen LogP contribution in [0.4, 0.5) is 5.95 Å². The minimum absolute atomic E-state index is 0.0697. The number of hydrazine groups is 1. The number of sulfone groups is 1. The van der Waals surface area contributed by atoms with Crippen LogP contribution in [0.15, 0.2) is 35.4 Å². The molecule has 0 amide bonds.